The lowest BCUT2D eigenvalue weighted by molar-refractivity contribution is -0.136. The van der Waals surface area contributed by atoms with Crippen molar-refractivity contribution in [3.63, 3.8) is 0 Å². The lowest BCUT2D eigenvalue weighted by atomic mass is 9.91. The van der Waals surface area contributed by atoms with Gasteiger partial charge in [0.05, 0.1) is 30.0 Å². The molecule has 2 atom stereocenters. The molecule has 30 heavy (non-hydrogen) atoms. The summed E-state index contributed by atoms with van der Waals surface area (Å²) in [5, 5.41) is 7.21. The Balaban J connectivity index is 1.43. The van der Waals surface area contributed by atoms with Gasteiger partial charge in [0.2, 0.25) is 5.91 Å². The number of carbonyl (C=O) groups is 2. The fourth-order valence-electron chi connectivity index (χ4n) is 4.46. The second-order valence-corrected chi connectivity index (χ2v) is 8.27. The van der Waals surface area contributed by atoms with Crippen molar-refractivity contribution in [2.75, 3.05) is 31.6 Å². The smallest absolute Gasteiger partial charge is 0.261 e. The van der Waals surface area contributed by atoms with E-state index in [2.05, 4.69) is 10.2 Å². The van der Waals surface area contributed by atoms with Crippen molar-refractivity contribution in [2.24, 2.45) is 0 Å². The van der Waals surface area contributed by atoms with Crippen molar-refractivity contribution in [1.82, 2.24) is 15.1 Å². The number of nitrogens with zero attached hydrogens (tertiary/aromatic N) is 3. The number of para-hydroxylation sites is 1. The number of ether oxygens (including phenoxy) is 1. The Morgan fingerprint density at radius 2 is 2.03 bits per heavy atom. The Hall–Kier alpha value is -2.67. The van der Waals surface area contributed by atoms with Crippen LogP contribution in [0, 0.1) is 0 Å². The number of anilines is 1. The SMILES string of the molecule is CN(C(=O)c1cn[nH]c1[C@H]1CCCN(C(=O)C[C@@H]2CCCCO2)C1)c1ccccc1. The third-order valence-electron chi connectivity index (χ3n) is 6.21. The van der Waals surface area contributed by atoms with Crippen LogP contribution in [0.1, 0.15) is 60.5 Å². The average molecular weight is 411 g/mol. The standard InChI is InChI=1S/C23H30N4O3/c1-26(18-9-3-2-4-10-18)23(29)20-15-24-25-22(20)17-8-7-12-27(16-17)21(28)14-19-11-5-6-13-30-19/h2-4,9-10,15,17,19H,5-8,11-14,16H2,1H3,(H,24,25)/t17-,19-/m0/s1. The minimum Gasteiger partial charge on any atom is -0.378 e. The molecule has 0 spiro atoms. The molecule has 7 nitrogen and oxygen atoms in total. The summed E-state index contributed by atoms with van der Waals surface area (Å²) >= 11 is 0. The quantitative estimate of drug-likeness (QED) is 0.820. The van der Waals surface area contributed by atoms with Gasteiger partial charge < -0.3 is 14.5 Å². The van der Waals surface area contributed by atoms with Gasteiger partial charge in [0.15, 0.2) is 0 Å². The molecule has 0 aliphatic carbocycles. The third kappa shape index (κ3) is 4.56. The zero-order valence-electron chi connectivity index (χ0n) is 17.5. The maximum Gasteiger partial charge on any atom is 0.261 e. The van der Waals surface area contributed by atoms with Crippen LogP contribution >= 0.6 is 0 Å². The van der Waals surface area contributed by atoms with E-state index >= 15 is 0 Å². The number of aromatic amines is 1. The molecule has 4 rings (SSSR count). The van der Waals surface area contributed by atoms with E-state index in [-0.39, 0.29) is 23.8 Å². The summed E-state index contributed by atoms with van der Waals surface area (Å²) in [6, 6.07) is 9.57. The van der Waals surface area contributed by atoms with E-state index in [0.29, 0.717) is 18.5 Å². The second kappa shape index (κ2) is 9.43. The average Bonchev–Trinajstić information content (AvgIpc) is 3.29. The topological polar surface area (TPSA) is 78.5 Å². The number of benzene rings is 1. The Morgan fingerprint density at radius 3 is 2.80 bits per heavy atom. The number of nitrogens with one attached hydrogen (secondary N) is 1. The Morgan fingerprint density at radius 1 is 1.20 bits per heavy atom. The summed E-state index contributed by atoms with van der Waals surface area (Å²) in [5.74, 6) is 0.144. The van der Waals surface area contributed by atoms with Crippen LogP contribution in [0.25, 0.3) is 0 Å². The molecule has 7 heteroatoms. The van der Waals surface area contributed by atoms with Gasteiger partial charge in [0, 0.05) is 38.3 Å². The van der Waals surface area contributed by atoms with Crippen LogP contribution in [0.5, 0.6) is 0 Å². The van der Waals surface area contributed by atoms with Crippen LogP contribution in [0.3, 0.4) is 0 Å². The van der Waals surface area contributed by atoms with E-state index in [1.165, 1.54) is 0 Å². The molecular weight excluding hydrogens is 380 g/mol. The molecule has 0 bridgehead atoms. The first-order valence-electron chi connectivity index (χ1n) is 10.9. The number of piperidine rings is 1. The fourth-order valence-corrected chi connectivity index (χ4v) is 4.46. The Labute approximate surface area is 177 Å². The van der Waals surface area contributed by atoms with Gasteiger partial charge in [0.1, 0.15) is 0 Å². The molecule has 0 unspecified atom stereocenters. The Kier molecular flexibility index (Phi) is 6.47. The molecule has 1 aromatic carbocycles. The summed E-state index contributed by atoms with van der Waals surface area (Å²) in [4.78, 5) is 29.5. The van der Waals surface area contributed by atoms with E-state index < -0.39 is 0 Å². The van der Waals surface area contributed by atoms with Crippen molar-refractivity contribution < 1.29 is 14.3 Å². The zero-order chi connectivity index (χ0) is 20.9. The molecule has 160 valence electrons. The number of amides is 2. The van der Waals surface area contributed by atoms with Gasteiger partial charge in [-0.1, -0.05) is 18.2 Å². The molecule has 2 fully saturated rings. The number of hydrogen-bond donors (Lipinski definition) is 1. The van der Waals surface area contributed by atoms with E-state index in [1.54, 1.807) is 18.1 Å². The van der Waals surface area contributed by atoms with Crippen LogP contribution in [0.15, 0.2) is 36.5 Å². The minimum atomic E-state index is -0.0935. The fraction of sp³-hybridized carbons (Fsp3) is 0.522. The molecule has 0 radical (unpaired) electrons. The number of hydrogen-bond acceptors (Lipinski definition) is 4. The maximum absolute atomic E-state index is 13.1. The zero-order valence-corrected chi connectivity index (χ0v) is 17.5. The first-order chi connectivity index (χ1) is 14.6. The number of likely N-dealkylation sites (tertiary alicyclic amines) is 1. The molecular formula is C23H30N4O3. The predicted molar refractivity (Wildman–Crippen MR) is 115 cm³/mol. The molecule has 2 aliphatic heterocycles. The van der Waals surface area contributed by atoms with Gasteiger partial charge in [-0.2, -0.15) is 5.10 Å². The highest BCUT2D eigenvalue weighted by molar-refractivity contribution is 6.06. The highest BCUT2D eigenvalue weighted by Gasteiger charge is 2.31. The summed E-state index contributed by atoms with van der Waals surface area (Å²) in [5.41, 5.74) is 2.24. The van der Waals surface area contributed by atoms with Gasteiger partial charge in [-0.25, -0.2) is 0 Å². The highest BCUT2D eigenvalue weighted by Crippen LogP contribution is 2.30. The van der Waals surface area contributed by atoms with Crippen molar-refractivity contribution >= 4 is 17.5 Å². The Bertz CT molecular complexity index is 860. The first-order valence-corrected chi connectivity index (χ1v) is 10.9. The lowest BCUT2D eigenvalue weighted by Gasteiger charge is -2.34. The van der Waals surface area contributed by atoms with Crippen molar-refractivity contribution in [2.45, 2.75) is 50.5 Å². The van der Waals surface area contributed by atoms with Crippen LogP contribution < -0.4 is 4.90 Å². The number of rotatable bonds is 5. The second-order valence-electron chi connectivity index (χ2n) is 8.27. The van der Waals surface area contributed by atoms with Crippen molar-refractivity contribution in [3.05, 3.63) is 47.8 Å². The summed E-state index contributed by atoms with van der Waals surface area (Å²) in [6.07, 6.45) is 7.15. The van der Waals surface area contributed by atoms with E-state index in [1.807, 2.05) is 35.2 Å². The van der Waals surface area contributed by atoms with Gasteiger partial charge in [0.25, 0.3) is 5.91 Å². The van der Waals surface area contributed by atoms with Crippen molar-refractivity contribution in [3.8, 4) is 0 Å². The summed E-state index contributed by atoms with van der Waals surface area (Å²) < 4.78 is 5.74. The van der Waals surface area contributed by atoms with Crippen LogP contribution in [-0.4, -0.2) is 59.8 Å². The molecule has 1 N–H and O–H groups in total. The lowest BCUT2D eigenvalue weighted by Crippen LogP contribution is -2.41. The maximum atomic E-state index is 13.1. The van der Waals surface area contributed by atoms with Crippen LogP contribution in [0.4, 0.5) is 5.69 Å². The molecule has 2 saturated heterocycles. The van der Waals surface area contributed by atoms with E-state index in [4.69, 9.17) is 4.74 Å². The summed E-state index contributed by atoms with van der Waals surface area (Å²) in [7, 11) is 1.77. The first kappa shape index (κ1) is 20.6. The predicted octanol–water partition coefficient (Wildman–Crippen LogP) is 3.35. The largest absolute Gasteiger partial charge is 0.378 e. The van der Waals surface area contributed by atoms with Crippen molar-refractivity contribution in [1.29, 1.82) is 0 Å². The molecule has 2 amide bonds. The molecule has 2 aliphatic rings. The van der Waals surface area contributed by atoms with Gasteiger partial charge in [-0.15, -0.1) is 0 Å². The normalized spacial score (nSPS) is 22.0. The van der Waals surface area contributed by atoms with E-state index in [0.717, 1.165) is 56.6 Å². The monoisotopic (exact) mass is 410 g/mol. The molecule has 2 aromatic rings. The number of carbonyl (C=O) groups excluding carboxylic acids is 2. The van der Waals surface area contributed by atoms with Gasteiger partial charge in [-0.05, 0) is 44.2 Å². The number of H-pyrrole nitrogens is 1. The third-order valence-corrected chi connectivity index (χ3v) is 6.21. The number of aromatic nitrogens is 2. The molecule has 3 heterocycles. The minimum absolute atomic E-state index is 0.0513. The highest BCUT2D eigenvalue weighted by atomic mass is 16.5. The van der Waals surface area contributed by atoms with E-state index in [9.17, 15) is 9.59 Å². The van der Waals surface area contributed by atoms with Crippen LogP contribution in [-0.2, 0) is 9.53 Å². The van der Waals surface area contributed by atoms with Gasteiger partial charge in [-0.3, -0.25) is 14.7 Å². The molecule has 0 saturated carbocycles. The summed E-state index contributed by atoms with van der Waals surface area (Å²) in [6.45, 7) is 2.14. The van der Waals surface area contributed by atoms with Gasteiger partial charge >= 0.3 is 0 Å². The molecule has 1 aromatic heterocycles. The van der Waals surface area contributed by atoms with Crippen LogP contribution in [0.2, 0.25) is 0 Å².